The van der Waals surface area contributed by atoms with Crippen molar-refractivity contribution in [2.45, 2.75) is 32.9 Å². The minimum Gasteiger partial charge on any atom is -0.296 e. The molecule has 0 radical (unpaired) electrons. The number of rotatable bonds is 2. The molecule has 7 heteroatoms. The fourth-order valence-corrected chi connectivity index (χ4v) is 5.04. The van der Waals surface area contributed by atoms with Gasteiger partial charge in [0, 0.05) is 29.6 Å². The van der Waals surface area contributed by atoms with E-state index in [9.17, 15) is 0 Å². The van der Waals surface area contributed by atoms with E-state index < -0.39 is 0 Å². The lowest BCUT2D eigenvalue weighted by Crippen LogP contribution is -2.35. The second kappa shape index (κ2) is 6.01. The number of halogens is 1. The van der Waals surface area contributed by atoms with E-state index in [1.54, 1.807) is 22.2 Å². The summed E-state index contributed by atoms with van der Waals surface area (Å²) in [7, 11) is 0. The van der Waals surface area contributed by atoms with E-state index in [4.69, 9.17) is 16.6 Å². The fraction of sp³-hybridized carbons (Fsp3) is 0.316. The van der Waals surface area contributed by atoms with Crippen molar-refractivity contribution in [2.75, 3.05) is 6.54 Å². The van der Waals surface area contributed by atoms with E-state index in [1.165, 1.54) is 10.4 Å². The molecular formula is C19H18ClN5S. The Kier molecular flexibility index (Phi) is 3.74. The number of fused-ring (bicyclic) bond motifs is 5. The van der Waals surface area contributed by atoms with Gasteiger partial charge in [-0.1, -0.05) is 23.7 Å². The van der Waals surface area contributed by atoms with Crippen LogP contribution in [0, 0.1) is 0 Å². The largest absolute Gasteiger partial charge is 0.296 e. The van der Waals surface area contributed by atoms with E-state index in [-0.39, 0.29) is 0 Å². The zero-order valence-corrected chi connectivity index (χ0v) is 16.2. The standard InChI is InChI=1S/C19H18ClN5S/c1-11(2)24-8-7-13-15(9-24)26-19-16(13)18-22-17(23-25(18)10-21-19)12-5-3-4-6-14(12)20/h3-6,10-11H,7-9H2,1-2H3. The molecule has 0 aliphatic carbocycles. The summed E-state index contributed by atoms with van der Waals surface area (Å²) in [4.78, 5) is 14.4. The predicted octanol–water partition coefficient (Wildman–Crippen LogP) is 4.43. The third-order valence-corrected chi connectivity index (χ3v) is 6.51. The van der Waals surface area contributed by atoms with E-state index in [2.05, 4.69) is 28.8 Å². The molecule has 0 unspecified atom stereocenters. The normalized spacial score (nSPS) is 15.2. The van der Waals surface area contributed by atoms with Gasteiger partial charge in [0.25, 0.3) is 0 Å². The van der Waals surface area contributed by atoms with Crippen LogP contribution in [-0.4, -0.2) is 37.1 Å². The first kappa shape index (κ1) is 16.2. The topological polar surface area (TPSA) is 46.3 Å². The summed E-state index contributed by atoms with van der Waals surface area (Å²) < 4.78 is 1.78. The number of aromatic nitrogens is 4. The molecular weight excluding hydrogens is 366 g/mol. The molecule has 132 valence electrons. The first-order valence-electron chi connectivity index (χ1n) is 8.76. The lowest BCUT2D eigenvalue weighted by atomic mass is 10.0. The molecule has 0 fully saturated rings. The smallest absolute Gasteiger partial charge is 0.183 e. The zero-order chi connectivity index (χ0) is 17.8. The molecule has 1 aromatic carbocycles. The summed E-state index contributed by atoms with van der Waals surface area (Å²) in [5.74, 6) is 0.643. The molecule has 4 aromatic rings. The van der Waals surface area contributed by atoms with Gasteiger partial charge in [0.2, 0.25) is 0 Å². The Morgan fingerprint density at radius 1 is 1.23 bits per heavy atom. The van der Waals surface area contributed by atoms with Crippen LogP contribution in [-0.2, 0) is 13.0 Å². The molecule has 26 heavy (non-hydrogen) atoms. The van der Waals surface area contributed by atoms with Crippen molar-refractivity contribution in [2.24, 2.45) is 0 Å². The van der Waals surface area contributed by atoms with Crippen LogP contribution in [0.2, 0.25) is 5.02 Å². The Bertz CT molecular complexity index is 1130. The third kappa shape index (κ3) is 2.44. The van der Waals surface area contributed by atoms with Crippen LogP contribution in [0.5, 0.6) is 0 Å². The van der Waals surface area contributed by atoms with Crippen molar-refractivity contribution >= 4 is 38.8 Å². The molecule has 0 bridgehead atoms. The minimum absolute atomic E-state index is 0.557. The molecule has 3 aromatic heterocycles. The molecule has 0 amide bonds. The van der Waals surface area contributed by atoms with E-state index in [0.717, 1.165) is 40.9 Å². The Morgan fingerprint density at radius 2 is 2.08 bits per heavy atom. The highest BCUT2D eigenvalue weighted by atomic mass is 35.5. The van der Waals surface area contributed by atoms with Gasteiger partial charge >= 0.3 is 0 Å². The van der Waals surface area contributed by atoms with Gasteiger partial charge in [-0.3, -0.25) is 4.90 Å². The number of thiophene rings is 1. The SMILES string of the molecule is CC(C)N1CCc2c(sc3ncn4nc(-c5ccccc5Cl)nc4c23)C1. The van der Waals surface area contributed by atoms with Crippen molar-refractivity contribution < 1.29 is 0 Å². The van der Waals surface area contributed by atoms with Gasteiger partial charge in [0.05, 0.1) is 10.4 Å². The number of nitrogens with zero attached hydrogens (tertiary/aromatic N) is 5. The van der Waals surface area contributed by atoms with Crippen molar-refractivity contribution in [1.82, 2.24) is 24.5 Å². The third-order valence-electron chi connectivity index (χ3n) is 5.05. The van der Waals surface area contributed by atoms with Crippen molar-refractivity contribution in [1.29, 1.82) is 0 Å². The molecule has 0 N–H and O–H groups in total. The quantitative estimate of drug-likeness (QED) is 0.514. The second-order valence-electron chi connectivity index (χ2n) is 6.93. The summed E-state index contributed by atoms with van der Waals surface area (Å²) in [6, 6.07) is 8.24. The summed E-state index contributed by atoms with van der Waals surface area (Å²) >= 11 is 8.12. The average molecular weight is 384 g/mol. The molecule has 0 atom stereocenters. The summed E-state index contributed by atoms with van der Waals surface area (Å²) in [5.41, 5.74) is 3.11. The van der Waals surface area contributed by atoms with Gasteiger partial charge < -0.3 is 0 Å². The Labute approximate surface area is 160 Å². The predicted molar refractivity (Wildman–Crippen MR) is 106 cm³/mol. The van der Waals surface area contributed by atoms with E-state index in [0.29, 0.717) is 16.9 Å². The highest BCUT2D eigenvalue weighted by molar-refractivity contribution is 7.19. The van der Waals surface area contributed by atoms with Gasteiger partial charge in [-0.25, -0.2) is 14.5 Å². The van der Waals surface area contributed by atoms with Gasteiger partial charge in [0.15, 0.2) is 11.5 Å². The van der Waals surface area contributed by atoms with Crippen LogP contribution in [0.4, 0.5) is 0 Å². The van der Waals surface area contributed by atoms with Gasteiger partial charge in [-0.15, -0.1) is 16.4 Å². The van der Waals surface area contributed by atoms with Gasteiger partial charge in [-0.2, -0.15) is 0 Å². The monoisotopic (exact) mass is 383 g/mol. The molecule has 1 aliphatic rings. The van der Waals surface area contributed by atoms with Gasteiger partial charge in [-0.05, 0) is 38.0 Å². The second-order valence-corrected chi connectivity index (χ2v) is 8.42. The van der Waals surface area contributed by atoms with Crippen molar-refractivity contribution in [3.8, 4) is 11.4 Å². The highest BCUT2D eigenvalue weighted by Gasteiger charge is 2.25. The van der Waals surface area contributed by atoms with Crippen LogP contribution < -0.4 is 0 Å². The molecule has 0 saturated carbocycles. The Balaban J connectivity index is 1.70. The number of benzene rings is 1. The van der Waals surface area contributed by atoms with Crippen LogP contribution in [0.25, 0.3) is 27.3 Å². The van der Waals surface area contributed by atoms with Crippen molar-refractivity contribution in [3.05, 3.63) is 46.1 Å². The zero-order valence-electron chi connectivity index (χ0n) is 14.6. The first-order chi connectivity index (χ1) is 12.6. The molecule has 4 heterocycles. The molecule has 0 spiro atoms. The first-order valence-corrected chi connectivity index (χ1v) is 9.96. The summed E-state index contributed by atoms with van der Waals surface area (Å²) in [6.45, 7) is 6.57. The summed E-state index contributed by atoms with van der Waals surface area (Å²) in [6.07, 6.45) is 2.79. The van der Waals surface area contributed by atoms with E-state index >= 15 is 0 Å². The average Bonchev–Trinajstić information content (AvgIpc) is 3.21. The highest BCUT2D eigenvalue weighted by Crippen LogP contribution is 2.37. The maximum Gasteiger partial charge on any atom is 0.183 e. The lowest BCUT2D eigenvalue weighted by Gasteiger charge is -2.30. The van der Waals surface area contributed by atoms with Crippen LogP contribution in [0.3, 0.4) is 0 Å². The van der Waals surface area contributed by atoms with Crippen molar-refractivity contribution in [3.63, 3.8) is 0 Å². The molecule has 5 nitrogen and oxygen atoms in total. The minimum atomic E-state index is 0.557. The Hall–Kier alpha value is -2.02. The molecule has 0 saturated heterocycles. The summed E-state index contributed by atoms with van der Waals surface area (Å²) in [5, 5.41) is 6.43. The molecule has 5 rings (SSSR count). The maximum absolute atomic E-state index is 6.34. The lowest BCUT2D eigenvalue weighted by molar-refractivity contribution is 0.206. The number of hydrogen-bond donors (Lipinski definition) is 0. The van der Waals surface area contributed by atoms with Crippen LogP contribution >= 0.6 is 22.9 Å². The van der Waals surface area contributed by atoms with Crippen LogP contribution in [0.15, 0.2) is 30.6 Å². The maximum atomic E-state index is 6.34. The Morgan fingerprint density at radius 3 is 2.88 bits per heavy atom. The number of hydrogen-bond acceptors (Lipinski definition) is 5. The molecule has 1 aliphatic heterocycles. The van der Waals surface area contributed by atoms with Gasteiger partial charge in [0.1, 0.15) is 11.2 Å². The van der Waals surface area contributed by atoms with E-state index in [1.807, 2.05) is 24.3 Å². The fourth-order valence-electron chi connectivity index (χ4n) is 3.61. The van der Waals surface area contributed by atoms with Crippen LogP contribution in [0.1, 0.15) is 24.3 Å².